The van der Waals surface area contributed by atoms with E-state index < -0.39 is 48.3 Å². The van der Waals surface area contributed by atoms with Gasteiger partial charge in [-0.05, 0) is 28.7 Å². The minimum absolute atomic E-state index is 0.0501. The maximum atomic E-state index is 13.7. The highest BCUT2D eigenvalue weighted by atomic mass is 32.2. The second-order valence-corrected chi connectivity index (χ2v) is 9.68. The molecule has 1 fully saturated rings. The largest absolute Gasteiger partial charge is 0.480 e. The van der Waals surface area contributed by atoms with Gasteiger partial charge in [0.25, 0.3) is 6.43 Å². The van der Waals surface area contributed by atoms with Crippen LogP contribution in [0.1, 0.15) is 36.8 Å². The summed E-state index contributed by atoms with van der Waals surface area (Å²) in [6.45, 7) is 1.74. The normalized spacial score (nSPS) is 19.8. The zero-order valence-electron chi connectivity index (χ0n) is 19.0. The van der Waals surface area contributed by atoms with Crippen molar-refractivity contribution < 1.29 is 33.0 Å². The van der Waals surface area contributed by atoms with Gasteiger partial charge in [0.2, 0.25) is 5.91 Å². The molecule has 2 aromatic carbocycles. The SMILES string of the molecule is CCC1SCC(C(=O)O)N1C(=O)CC(NC(=O)OCC1c2ccccc2-c2ccccc21)C(F)F. The fourth-order valence-electron chi connectivity index (χ4n) is 4.69. The van der Waals surface area contributed by atoms with E-state index in [2.05, 4.69) is 5.32 Å². The number of nitrogens with zero attached hydrogens (tertiary/aromatic N) is 1. The summed E-state index contributed by atoms with van der Waals surface area (Å²) in [7, 11) is 0. The Morgan fingerprint density at radius 3 is 2.26 bits per heavy atom. The predicted octanol–water partition coefficient (Wildman–Crippen LogP) is 4.31. The van der Waals surface area contributed by atoms with Crippen LogP contribution in [0.4, 0.5) is 13.6 Å². The number of hydrogen-bond donors (Lipinski definition) is 2. The third-order valence-corrected chi connectivity index (χ3v) is 7.81. The Hall–Kier alpha value is -3.14. The summed E-state index contributed by atoms with van der Waals surface area (Å²) >= 11 is 1.30. The summed E-state index contributed by atoms with van der Waals surface area (Å²) in [5.74, 6) is -1.96. The highest BCUT2D eigenvalue weighted by Crippen LogP contribution is 2.44. The standard InChI is InChI=1S/C25H26F2N2O5S/c1-2-22-29(20(13-35-22)24(31)32)21(30)11-19(23(26)27)28-25(33)34-12-18-16-9-5-3-7-14(16)15-8-4-6-10-17(15)18/h3-10,18-20,22-23H,2,11-13H2,1H3,(H,28,33)(H,31,32). The van der Waals surface area contributed by atoms with Gasteiger partial charge in [0.1, 0.15) is 18.7 Å². The highest BCUT2D eigenvalue weighted by Gasteiger charge is 2.42. The molecule has 3 unspecified atom stereocenters. The number of carboxylic acid groups (broad SMARTS) is 1. The number of aliphatic carboxylic acids is 1. The van der Waals surface area contributed by atoms with Gasteiger partial charge < -0.3 is 20.1 Å². The monoisotopic (exact) mass is 504 g/mol. The van der Waals surface area contributed by atoms with E-state index in [1.807, 2.05) is 48.5 Å². The van der Waals surface area contributed by atoms with E-state index in [0.29, 0.717) is 6.42 Å². The quantitative estimate of drug-likeness (QED) is 0.556. The van der Waals surface area contributed by atoms with Crippen molar-refractivity contribution in [1.29, 1.82) is 0 Å². The molecule has 1 aliphatic carbocycles. The van der Waals surface area contributed by atoms with Crippen LogP contribution in [0.5, 0.6) is 0 Å². The van der Waals surface area contributed by atoms with E-state index in [9.17, 15) is 28.3 Å². The summed E-state index contributed by atoms with van der Waals surface area (Å²) in [4.78, 5) is 37.9. The molecule has 0 radical (unpaired) electrons. The summed E-state index contributed by atoms with van der Waals surface area (Å²) in [5.41, 5.74) is 4.04. The number of thioether (sulfide) groups is 1. The lowest BCUT2D eigenvalue weighted by atomic mass is 9.98. The van der Waals surface area contributed by atoms with E-state index in [4.69, 9.17) is 4.74 Å². The smallest absolute Gasteiger partial charge is 0.407 e. The number of hydrogen-bond acceptors (Lipinski definition) is 5. The van der Waals surface area contributed by atoms with Gasteiger partial charge in [-0.3, -0.25) is 4.79 Å². The lowest BCUT2D eigenvalue weighted by Gasteiger charge is -2.28. The van der Waals surface area contributed by atoms with Gasteiger partial charge in [-0.1, -0.05) is 55.5 Å². The Kier molecular flexibility index (Phi) is 7.59. The predicted molar refractivity (Wildman–Crippen MR) is 127 cm³/mol. The Morgan fingerprint density at radius 2 is 1.71 bits per heavy atom. The van der Waals surface area contributed by atoms with Crippen molar-refractivity contribution in [2.45, 2.75) is 49.6 Å². The first-order valence-corrected chi connectivity index (χ1v) is 12.4. The van der Waals surface area contributed by atoms with Crippen LogP contribution in [-0.2, 0) is 14.3 Å². The highest BCUT2D eigenvalue weighted by molar-refractivity contribution is 8.00. The van der Waals surface area contributed by atoms with E-state index >= 15 is 0 Å². The van der Waals surface area contributed by atoms with Crippen LogP contribution in [0, 0.1) is 0 Å². The van der Waals surface area contributed by atoms with E-state index in [1.54, 1.807) is 6.92 Å². The Bertz CT molecular complexity index is 1070. The molecule has 2 aliphatic rings. The second kappa shape index (κ2) is 10.6. The fourth-order valence-corrected chi connectivity index (χ4v) is 6.06. The van der Waals surface area contributed by atoms with Gasteiger partial charge in [-0.2, -0.15) is 0 Å². The first-order chi connectivity index (χ1) is 16.8. The molecule has 0 aromatic heterocycles. The van der Waals surface area contributed by atoms with Gasteiger partial charge in [0.05, 0.1) is 11.8 Å². The topological polar surface area (TPSA) is 95.9 Å². The van der Waals surface area contributed by atoms with Crippen LogP contribution in [0.2, 0.25) is 0 Å². The first kappa shape index (κ1) is 25.0. The fraction of sp³-hybridized carbons (Fsp3) is 0.400. The van der Waals surface area contributed by atoms with Gasteiger partial charge in [-0.25, -0.2) is 18.4 Å². The van der Waals surface area contributed by atoms with Gasteiger partial charge in [0, 0.05) is 11.7 Å². The van der Waals surface area contributed by atoms with Crippen molar-refractivity contribution in [2.75, 3.05) is 12.4 Å². The van der Waals surface area contributed by atoms with Crippen LogP contribution in [0.3, 0.4) is 0 Å². The summed E-state index contributed by atoms with van der Waals surface area (Å²) in [5, 5.41) is 11.1. The van der Waals surface area contributed by atoms with Crippen molar-refractivity contribution in [3.05, 3.63) is 59.7 Å². The molecule has 4 rings (SSSR count). The third kappa shape index (κ3) is 5.12. The van der Waals surface area contributed by atoms with E-state index in [-0.39, 0.29) is 18.3 Å². The second-order valence-electron chi connectivity index (χ2n) is 8.47. The molecule has 35 heavy (non-hydrogen) atoms. The lowest BCUT2D eigenvalue weighted by molar-refractivity contribution is -0.149. The molecule has 0 spiro atoms. The minimum atomic E-state index is -3.03. The number of carboxylic acids is 1. The molecule has 1 aliphatic heterocycles. The molecule has 10 heteroatoms. The number of rotatable bonds is 8. The maximum Gasteiger partial charge on any atom is 0.407 e. The maximum absolute atomic E-state index is 13.7. The van der Waals surface area contributed by atoms with Crippen LogP contribution >= 0.6 is 11.8 Å². The van der Waals surface area contributed by atoms with Crippen molar-refractivity contribution >= 4 is 29.7 Å². The molecule has 0 bridgehead atoms. The number of ether oxygens (including phenoxy) is 1. The first-order valence-electron chi connectivity index (χ1n) is 11.4. The molecular formula is C25H26F2N2O5S. The summed E-state index contributed by atoms with van der Waals surface area (Å²) < 4.78 is 32.8. The molecular weight excluding hydrogens is 478 g/mol. The van der Waals surface area contributed by atoms with Crippen molar-refractivity contribution in [3.8, 4) is 11.1 Å². The van der Waals surface area contributed by atoms with Crippen LogP contribution in [0.25, 0.3) is 11.1 Å². The molecule has 2 aromatic rings. The Balaban J connectivity index is 1.40. The van der Waals surface area contributed by atoms with Crippen molar-refractivity contribution in [3.63, 3.8) is 0 Å². The molecule has 2 amide bonds. The number of carbonyl (C=O) groups excluding carboxylic acids is 2. The number of alkyl halides is 2. The third-order valence-electron chi connectivity index (χ3n) is 6.36. The molecule has 0 saturated carbocycles. The molecule has 7 nitrogen and oxygen atoms in total. The average molecular weight is 505 g/mol. The number of benzene rings is 2. The number of alkyl carbamates (subject to hydrolysis) is 1. The number of halogens is 2. The van der Waals surface area contributed by atoms with E-state index in [0.717, 1.165) is 27.2 Å². The Labute approximate surface area is 205 Å². The van der Waals surface area contributed by atoms with Crippen molar-refractivity contribution in [1.82, 2.24) is 10.2 Å². The Morgan fingerprint density at radius 1 is 1.11 bits per heavy atom. The number of amides is 2. The number of nitrogens with one attached hydrogen (secondary N) is 1. The summed E-state index contributed by atoms with van der Waals surface area (Å²) in [6.07, 6.45) is -4.32. The van der Waals surface area contributed by atoms with Gasteiger partial charge >= 0.3 is 12.1 Å². The molecule has 186 valence electrons. The van der Waals surface area contributed by atoms with Crippen LogP contribution in [-0.4, -0.2) is 64.2 Å². The van der Waals surface area contributed by atoms with Crippen LogP contribution in [0.15, 0.2) is 48.5 Å². The molecule has 1 heterocycles. The number of fused-ring (bicyclic) bond motifs is 3. The molecule has 2 N–H and O–H groups in total. The van der Waals surface area contributed by atoms with E-state index in [1.165, 1.54) is 11.8 Å². The summed E-state index contributed by atoms with van der Waals surface area (Å²) in [6, 6.07) is 12.6. The van der Waals surface area contributed by atoms with Crippen molar-refractivity contribution in [2.24, 2.45) is 0 Å². The molecule has 3 atom stereocenters. The average Bonchev–Trinajstić information content (AvgIpc) is 3.42. The lowest BCUT2D eigenvalue weighted by Crippen LogP contribution is -2.49. The molecule has 1 saturated heterocycles. The van der Waals surface area contributed by atoms with Gasteiger partial charge in [-0.15, -0.1) is 11.8 Å². The zero-order chi connectivity index (χ0) is 25.1. The minimum Gasteiger partial charge on any atom is -0.480 e. The zero-order valence-corrected chi connectivity index (χ0v) is 19.8. The number of carbonyl (C=O) groups is 3. The van der Waals surface area contributed by atoms with Gasteiger partial charge in [0.15, 0.2) is 0 Å². The van der Waals surface area contributed by atoms with Crippen LogP contribution < -0.4 is 5.32 Å².